The molecule has 0 spiro atoms. The Bertz CT molecular complexity index is 614. The molecule has 0 aromatic heterocycles. The van der Waals surface area contributed by atoms with Crippen molar-refractivity contribution in [3.8, 4) is 11.5 Å². The Kier molecular flexibility index (Phi) is 7.93. The number of ether oxygens (including phenoxy) is 2. The summed E-state index contributed by atoms with van der Waals surface area (Å²) in [4.78, 5) is 0. The first-order valence-corrected chi connectivity index (χ1v) is 7.67. The molecule has 0 radical (unpaired) electrons. The molecule has 0 saturated heterocycles. The molecule has 23 heavy (non-hydrogen) atoms. The molecule has 0 aliphatic carbocycles. The molecule has 0 unspecified atom stereocenters. The molecule has 0 fully saturated rings. The van der Waals surface area contributed by atoms with Gasteiger partial charge in [0, 0.05) is 12.6 Å². The zero-order valence-corrected chi connectivity index (χ0v) is 15.0. The van der Waals surface area contributed by atoms with Gasteiger partial charge in [-0.05, 0) is 35.7 Å². The minimum absolute atomic E-state index is 0. The lowest BCUT2D eigenvalue weighted by atomic mass is 10.1. The normalized spacial score (nSPS) is 10.3. The topological polar surface area (TPSA) is 30.5 Å². The van der Waals surface area contributed by atoms with E-state index < -0.39 is 0 Å². The van der Waals surface area contributed by atoms with Gasteiger partial charge in [0.05, 0.1) is 7.11 Å². The van der Waals surface area contributed by atoms with Crippen LogP contribution in [0.3, 0.4) is 0 Å². The predicted molar refractivity (Wildman–Crippen MR) is 90.5 cm³/mol. The number of aryl methyl sites for hydroxylation is 1. The number of rotatable bonds is 7. The van der Waals surface area contributed by atoms with Crippen molar-refractivity contribution in [3.05, 3.63) is 59.2 Å². The zero-order chi connectivity index (χ0) is 15.9. The SMILES string of the molecule is COc1cc(CNC(C)C)ccc1OCc1ccccc1C.[Cl-]. The summed E-state index contributed by atoms with van der Waals surface area (Å²) in [7, 11) is 1.68. The van der Waals surface area contributed by atoms with Gasteiger partial charge in [-0.25, -0.2) is 0 Å². The first-order valence-electron chi connectivity index (χ1n) is 7.67. The Balaban J connectivity index is 0.00000264. The number of hydrogen-bond donors (Lipinski definition) is 1. The summed E-state index contributed by atoms with van der Waals surface area (Å²) in [5.41, 5.74) is 3.61. The largest absolute Gasteiger partial charge is 1.00 e. The van der Waals surface area contributed by atoms with Crippen LogP contribution in [0.2, 0.25) is 0 Å². The first-order chi connectivity index (χ1) is 10.6. The fourth-order valence-corrected chi connectivity index (χ4v) is 2.19. The highest BCUT2D eigenvalue weighted by Crippen LogP contribution is 2.29. The van der Waals surface area contributed by atoms with E-state index >= 15 is 0 Å². The molecule has 4 heteroatoms. The predicted octanol–water partition coefficient (Wildman–Crippen LogP) is 1.08. The summed E-state index contributed by atoms with van der Waals surface area (Å²) >= 11 is 0. The molecule has 0 heterocycles. The molecule has 2 aromatic rings. The Hall–Kier alpha value is -1.71. The second-order valence-electron chi connectivity index (χ2n) is 5.74. The van der Waals surface area contributed by atoms with Crippen LogP contribution in [0, 0.1) is 6.92 Å². The molecule has 126 valence electrons. The van der Waals surface area contributed by atoms with Crippen molar-refractivity contribution >= 4 is 0 Å². The van der Waals surface area contributed by atoms with Crippen LogP contribution in [0.15, 0.2) is 42.5 Å². The highest BCUT2D eigenvalue weighted by atomic mass is 35.5. The maximum atomic E-state index is 5.93. The summed E-state index contributed by atoms with van der Waals surface area (Å²) in [5.74, 6) is 1.55. The average molecular weight is 335 g/mol. The van der Waals surface area contributed by atoms with E-state index in [4.69, 9.17) is 9.47 Å². The van der Waals surface area contributed by atoms with Gasteiger partial charge in [0.15, 0.2) is 11.5 Å². The molecule has 1 N–H and O–H groups in total. The van der Waals surface area contributed by atoms with Crippen LogP contribution in [0.4, 0.5) is 0 Å². The van der Waals surface area contributed by atoms with E-state index in [2.05, 4.69) is 44.3 Å². The summed E-state index contributed by atoms with van der Waals surface area (Å²) in [6.45, 7) is 7.74. The van der Waals surface area contributed by atoms with Crippen molar-refractivity contribution in [2.45, 2.75) is 40.0 Å². The maximum absolute atomic E-state index is 5.93. The highest BCUT2D eigenvalue weighted by molar-refractivity contribution is 5.43. The number of hydrogen-bond acceptors (Lipinski definition) is 3. The van der Waals surface area contributed by atoms with E-state index in [1.165, 1.54) is 16.7 Å². The van der Waals surface area contributed by atoms with Gasteiger partial charge in [-0.2, -0.15) is 0 Å². The van der Waals surface area contributed by atoms with Gasteiger partial charge in [0.25, 0.3) is 0 Å². The summed E-state index contributed by atoms with van der Waals surface area (Å²) < 4.78 is 11.4. The average Bonchev–Trinajstić information content (AvgIpc) is 2.52. The van der Waals surface area contributed by atoms with Gasteiger partial charge in [0.1, 0.15) is 6.61 Å². The van der Waals surface area contributed by atoms with Gasteiger partial charge in [-0.3, -0.25) is 0 Å². The van der Waals surface area contributed by atoms with Gasteiger partial charge in [-0.15, -0.1) is 0 Å². The third-order valence-electron chi connectivity index (χ3n) is 3.59. The third kappa shape index (κ3) is 5.77. The van der Waals surface area contributed by atoms with Gasteiger partial charge >= 0.3 is 0 Å². The number of halogens is 1. The molecular weight excluding hydrogens is 310 g/mol. The number of benzene rings is 2. The van der Waals surface area contributed by atoms with Crippen molar-refractivity contribution in [1.29, 1.82) is 0 Å². The van der Waals surface area contributed by atoms with E-state index in [0.29, 0.717) is 12.6 Å². The first kappa shape index (κ1) is 19.3. The Morgan fingerprint density at radius 3 is 2.43 bits per heavy atom. The van der Waals surface area contributed by atoms with Crippen molar-refractivity contribution in [2.24, 2.45) is 0 Å². The van der Waals surface area contributed by atoms with Crippen LogP contribution < -0.4 is 27.2 Å². The van der Waals surface area contributed by atoms with Crippen LogP contribution in [0.25, 0.3) is 0 Å². The standard InChI is InChI=1S/C19H25NO2.ClH/c1-14(2)20-12-16-9-10-18(19(11-16)21-4)22-13-17-8-6-5-7-15(17)3;/h5-11,14,20H,12-13H2,1-4H3;1H/p-1. The Labute approximate surface area is 145 Å². The molecule has 2 rings (SSSR count). The van der Waals surface area contributed by atoms with E-state index in [9.17, 15) is 0 Å². The second-order valence-corrected chi connectivity index (χ2v) is 5.74. The minimum Gasteiger partial charge on any atom is -1.00 e. The molecule has 0 aliphatic heterocycles. The fourth-order valence-electron chi connectivity index (χ4n) is 2.19. The fraction of sp³-hybridized carbons (Fsp3) is 0.368. The lowest BCUT2D eigenvalue weighted by Gasteiger charge is -2.14. The molecule has 0 amide bonds. The van der Waals surface area contributed by atoms with Gasteiger partial charge < -0.3 is 27.2 Å². The van der Waals surface area contributed by atoms with Gasteiger partial charge in [0.2, 0.25) is 0 Å². The quantitative estimate of drug-likeness (QED) is 0.822. The van der Waals surface area contributed by atoms with Crippen molar-refractivity contribution in [2.75, 3.05) is 7.11 Å². The smallest absolute Gasteiger partial charge is 0.161 e. The number of methoxy groups -OCH3 is 1. The molecule has 0 atom stereocenters. The van der Waals surface area contributed by atoms with Crippen LogP contribution >= 0.6 is 0 Å². The molecule has 2 aromatic carbocycles. The van der Waals surface area contributed by atoms with Crippen molar-refractivity contribution < 1.29 is 21.9 Å². The van der Waals surface area contributed by atoms with Crippen LogP contribution in [-0.4, -0.2) is 13.2 Å². The molecule has 3 nitrogen and oxygen atoms in total. The zero-order valence-electron chi connectivity index (χ0n) is 14.2. The van der Waals surface area contributed by atoms with Crippen LogP contribution in [0.5, 0.6) is 11.5 Å². The van der Waals surface area contributed by atoms with Crippen LogP contribution in [-0.2, 0) is 13.2 Å². The maximum Gasteiger partial charge on any atom is 0.161 e. The summed E-state index contributed by atoms with van der Waals surface area (Å²) in [6, 6.07) is 14.8. The Morgan fingerprint density at radius 1 is 1.04 bits per heavy atom. The summed E-state index contributed by atoms with van der Waals surface area (Å²) in [5, 5.41) is 3.40. The van der Waals surface area contributed by atoms with E-state index in [1.54, 1.807) is 7.11 Å². The van der Waals surface area contributed by atoms with E-state index in [-0.39, 0.29) is 12.4 Å². The number of nitrogens with one attached hydrogen (secondary N) is 1. The minimum atomic E-state index is 0. The highest BCUT2D eigenvalue weighted by Gasteiger charge is 2.07. The Morgan fingerprint density at radius 2 is 1.78 bits per heavy atom. The summed E-state index contributed by atoms with van der Waals surface area (Å²) in [6.07, 6.45) is 0. The molecule has 0 bridgehead atoms. The van der Waals surface area contributed by atoms with Crippen molar-refractivity contribution in [3.63, 3.8) is 0 Å². The molecule has 0 aliphatic rings. The van der Waals surface area contributed by atoms with E-state index in [0.717, 1.165) is 18.0 Å². The lowest BCUT2D eigenvalue weighted by molar-refractivity contribution is -0.00000542. The third-order valence-corrected chi connectivity index (χ3v) is 3.59. The second kappa shape index (κ2) is 9.43. The van der Waals surface area contributed by atoms with E-state index in [1.807, 2.05) is 24.3 Å². The molecule has 0 saturated carbocycles. The van der Waals surface area contributed by atoms with Gasteiger partial charge in [-0.1, -0.05) is 44.2 Å². The monoisotopic (exact) mass is 334 g/mol. The lowest BCUT2D eigenvalue weighted by Crippen LogP contribution is -3.00. The molecular formula is C19H25ClNO2-. The van der Waals surface area contributed by atoms with Crippen LogP contribution in [0.1, 0.15) is 30.5 Å². The van der Waals surface area contributed by atoms with Crippen molar-refractivity contribution in [1.82, 2.24) is 5.32 Å².